The SMILES string of the molecule is COc1ccc(Br)cc1-c1nc(CC(C)C)cc(=O)[nH]1. The maximum absolute atomic E-state index is 11.8. The molecule has 0 unspecified atom stereocenters. The average Bonchev–Trinajstić information content (AvgIpc) is 2.37. The van der Waals surface area contributed by atoms with Crippen molar-refractivity contribution in [2.75, 3.05) is 7.11 Å². The standard InChI is InChI=1S/C15H17BrN2O2/c1-9(2)6-11-8-14(19)18-15(17-11)12-7-10(16)4-5-13(12)20-3/h4-5,7-9H,6H2,1-3H3,(H,17,18,19). The molecular weight excluding hydrogens is 320 g/mol. The van der Waals surface area contributed by atoms with Crippen LogP contribution in [0.5, 0.6) is 5.75 Å². The van der Waals surface area contributed by atoms with Gasteiger partial charge in [-0.2, -0.15) is 0 Å². The van der Waals surface area contributed by atoms with Gasteiger partial charge in [0, 0.05) is 16.2 Å². The third-order valence-electron chi connectivity index (χ3n) is 2.83. The number of ether oxygens (including phenoxy) is 1. The van der Waals surface area contributed by atoms with Gasteiger partial charge in [0.15, 0.2) is 0 Å². The molecule has 1 aromatic carbocycles. The van der Waals surface area contributed by atoms with Crippen LogP contribution in [0.15, 0.2) is 33.5 Å². The number of benzene rings is 1. The fraction of sp³-hybridized carbons (Fsp3) is 0.333. The first-order chi connectivity index (χ1) is 9.49. The largest absolute Gasteiger partial charge is 0.496 e. The van der Waals surface area contributed by atoms with Crippen molar-refractivity contribution in [1.29, 1.82) is 0 Å². The van der Waals surface area contributed by atoms with E-state index in [4.69, 9.17) is 4.74 Å². The van der Waals surface area contributed by atoms with E-state index < -0.39 is 0 Å². The summed E-state index contributed by atoms with van der Waals surface area (Å²) in [6.45, 7) is 4.20. The summed E-state index contributed by atoms with van der Waals surface area (Å²) in [5.74, 6) is 1.66. The van der Waals surface area contributed by atoms with Crippen molar-refractivity contribution in [2.24, 2.45) is 5.92 Å². The van der Waals surface area contributed by atoms with Crippen LogP contribution in [-0.4, -0.2) is 17.1 Å². The van der Waals surface area contributed by atoms with Crippen molar-refractivity contribution < 1.29 is 4.74 Å². The highest BCUT2D eigenvalue weighted by Crippen LogP contribution is 2.30. The van der Waals surface area contributed by atoms with Crippen molar-refractivity contribution in [3.05, 3.63) is 44.8 Å². The maximum Gasteiger partial charge on any atom is 0.251 e. The summed E-state index contributed by atoms with van der Waals surface area (Å²) in [4.78, 5) is 19.1. The van der Waals surface area contributed by atoms with Gasteiger partial charge in [-0.3, -0.25) is 4.79 Å². The lowest BCUT2D eigenvalue weighted by Crippen LogP contribution is -2.12. The van der Waals surface area contributed by atoms with E-state index >= 15 is 0 Å². The topological polar surface area (TPSA) is 55.0 Å². The molecule has 0 saturated carbocycles. The van der Waals surface area contributed by atoms with Gasteiger partial charge in [0.2, 0.25) is 0 Å². The number of nitrogens with one attached hydrogen (secondary N) is 1. The van der Waals surface area contributed by atoms with Gasteiger partial charge in [0.25, 0.3) is 5.56 Å². The number of aromatic nitrogens is 2. The van der Waals surface area contributed by atoms with Crippen LogP contribution in [0.3, 0.4) is 0 Å². The molecule has 4 nitrogen and oxygen atoms in total. The lowest BCUT2D eigenvalue weighted by atomic mass is 10.1. The first-order valence-electron chi connectivity index (χ1n) is 6.43. The summed E-state index contributed by atoms with van der Waals surface area (Å²) in [5.41, 5.74) is 1.41. The third-order valence-corrected chi connectivity index (χ3v) is 3.32. The lowest BCUT2D eigenvalue weighted by molar-refractivity contribution is 0.416. The Balaban J connectivity index is 2.55. The molecule has 106 valence electrons. The number of aromatic amines is 1. The van der Waals surface area contributed by atoms with Gasteiger partial charge in [0.05, 0.1) is 12.7 Å². The minimum absolute atomic E-state index is 0.146. The molecule has 0 bridgehead atoms. The van der Waals surface area contributed by atoms with Gasteiger partial charge < -0.3 is 9.72 Å². The first kappa shape index (κ1) is 14.8. The quantitative estimate of drug-likeness (QED) is 0.930. The molecule has 0 radical (unpaired) electrons. The van der Waals surface area contributed by atoms with Crippen LogP contribution in [0.2, 0.25) is 0 Å². The Labute approximate surface area is 126 Å². The average molecular weight is 337 g/mol. The van der Waals surface area contributed by atoms with Gasteiger partial charge in [0.1, 0.15) is 11.6 Å². The molecule has 0 amide bonds. The fourth-order valence-electron chi connectivity index (χ4n) is 2.02. The molecule has 2 aromatic rings. The maximum atomic E-state index is 11.8. The van der Waals surface area contributed by atoms with Crippen molar-refractivity contribution in [3.63, 3.8) is 0 Å². The van der Waals surface area contributed by atoms with Crippen LogP contribution < -0.4 is 10.3 Å². The minimum atomic E-state index is -0.146. The molecule has 0 aliphatic rings. The molecule has 0 spiro atoms. The van der Waals surface area contributed by atoms with Gasteiger partial charge in [-0.05, 0) is 30.5 Å². The molecular formula is C15H17BrN2O2. The zero-order valence-electron chi connectivity index (χ0n) is 11.7. The zero-order valence-corrected chi connectivity index (χ0v) is 13.3. The minimum Gasteiger partial charge on any atom is -0.496 e. The van der Waals surface area contributed by atoms with Crippen LogP contribution in [0.4, 0.5) is 0 Å². The molecule has 0 aliphatic carbocycles. The predicted octanol–water partition coefficient (Wildman–Crippen LogP) is 3.41. The van der Waals surface area contributed by atoms with Gasteiger partial charge in [-0.1, -0.05) is 29.8 Å². The van der Waals surface area contributed by atoms with E-state index in [2.05, 4.69) is 39.7 Å². The molecule has 20 heavy (non-hydrogen) atoms. The number of methoxy groups -OCH3 is 1. The Morgan fingerprint density at radius 1 is 1.35 bits per heavy atom. The summed E-state index contributed by atoms with van der Waals surface area (Å²) >= 11 is 3.42. The highest BCUT2D eigenvalue weighted by atomic mass is 79.9. The van der Waals surface area contributed by atoms with E-state index in [1.54, 1.807) is 13.2 Å². The van der Waals surface area contributed by atoms with Gasteiger partial charge in [-0.25, -0.2) is 4.98 Å². The van der Waals surface area contributed by atoms with Gasteiger partial charge in [-0.15, -0.1) is 0 Å². The van der Waals surface area contributed by atoms with Crippen molar-refractivity contribution in [2.45, 2.75) is 20.3 Å². The molecule has 0 saturated heterocycles. The smallest absolute Gasteiger partial charge is 0.251 e. The molecule has 2 rings (SSSR count). The van der Waals surface area contributed by atoms with Gasteiger partial charge >= 0.3 is 0 Å². The second-order valence-electron chi connectivity index (χ2n) is 5.03. The third kappa shape index (κ3) is 3.48. The van der Waals surface area contributed by atoms with E-state index in [-0.39, 0.29) is 5.56 Å². The summed E-state index contributed by atoms with van der Waals surface area (Å²) in [6, 6.07) is 7.16. The Hall–Kier alpha value is -1.62. The molecule has 1 N–H and O–H groups in total. The number of hydrogen-bond acceptors (Lipinski definition) is 3. The Kier molecular flexibility index (Phi) is 4.60. The van der Waals surface area contributed by atoms with Crippen molar-refractivity contribution in [3.8, 4) is 17.1 Å². The van der Waals surface area contributed by atoms with E-state index in [9.17, 15) is 4.79 Å². The van der Waals surface area contributed by atoms with Crippen LogP contribution in [0, 0.1) is 5.92 Å². The van der Waals surface area contributed by atoms with Crippen LogP contribution in [0.25, 0.3) is 11.4 Å². The Bertz CT molecular complexity index is 665. The fourth-order valence-corrected chi connectivity index (χ4v) is 2.38. The van der Waals surface area contributed by atoms with Crippen LogP contribution in [0.1, 0.15) is 19.5 Å². The monoisotopic (exact) mass is 336 g/mol. The van der Waals surface area contributed by atoms with E-state index in [1.807, 2.05) is 18.2 Å². The molecule has 0 aliphatic heterocycles. The normalized spacial score (nSPS) is 10.8. The van der Waals surface area contributed by atoms with Crippen molar-refractivity contribution >= 4 is 15.9 Å². The zero-order chi connectivity index (χ0) is 14.7. The summed E-state index contributed by atoms with van der Waals surface area (Å²) in [5, 5.41) is 0. The van der Waals surface area contributed by atoms with E-state index in [1.165, 1.54) is 0 Å². The number of rotatable bonds is 4. The lowest BCUT2D eigenvalue weighted by Gasteiger charge is -2.10. The molecule has 0 fully saturated rings. The summed E-state index contributed by atoms with van der Waals surface area (Å²) in [6.07, 6.45) is 0.771. The van der Waals surface area contributed by atoms with E-state index in [0.717, 1.165) is 22.2 Å². The number of nitrogens with zero attached hydrogens (tertiary/aromatic N) is 1. The Morgan fingerprint density at radius 2 is 2.10 bits per heavy atom. The highest BCUT2D eigenvalue weighted by Gasteiger charge is 2.11. The molecule has 5 heteroatoms. The second-order valence-corrected chi connectivity index (χ2v) is 5.94. The molecule has 1 heterocycles. The van der Waals surface area contributed by atoms with Crippen molar-refractivity contribution in [1.82, 2.24) is 9.97 Å². The Morgan fingerprint density at radius 3 is 2.75 bits per heavy atom. The first-order valence-corrected chi connectivity index (χ1v) is 7.23. The molecule has 1 aromatic heterocycles. The number of H-pyrrole nitrogens is 1. The van der Waals surface area contributed by atoms with E-state index in [0.29, 0.717) is 17.5 Å². The number of hydrogen-bond donors (Lipinski definition) is 1. The van der Waals surface area contributed by atoms with Crippen LogP contribution in [-0.2, 0) is 6.42 Å². The number of halogens is 1. The van der Waals surface area contributed by atoms with Crippen LogP contribution >= 0.6 is 15.9 Å². The summed E-state index contributed by atoms with van der Waals surface area (Å²) in [7, 11) is 1.60. The summed E-state index contributed by atoms with van der Waals surface area (Å²) < 4.78 is 6.24. The predicted molar refractivity (Wildman–Crippen MR) is 83.1 cm³/mol. The highest BCUT2D eigenvalue weighted by molar-refractivity contribution is 9.10. The second kappa shape index (κ2) is 6.22. The molecule has 0 atom stereocenters.